The molecule has 2 aliphatic heterocycles. The zero-order chi connectivity index (χ0) is 45.3. The number of hydrogen-bond acceptors (Lipinski definition) is 11. The molecule has 0 radical (unpaired) electrons. The van der Waals surface area contributed by atoms with E-state index in [1.807, 2.05) is 31.2 Å². The fourth-order valence-electron chi connectivity index (χ4n) is 10.3. The molecular weight excluding hydrogens is 860 g/mol. The number of carbonyl (C=O) groups is 2. The van der Waals surface area contributed by atoms with Crippen LogP contribution in [-0.4, -0.2) is 64.4 Å². The Morgan fingerprint density at radius 3 is 2.47 bits per heavy atom. The van der Waals surface area contributed by atoms with Crippen LogP contribution in [0, 0.1) is 25.2 Å². The number of para-hydroxylation sites is 1. The Bertz CT molecular complexity index is 3410. The molecule has 1 N–H and O–H groups in total. The summed E-state index contributed by atoms with van der Waals surface area (Å²) < 4.78 is 18.6. The van der Waals surface area contributed by atoms with Crippen LogP contribution in [0.3, 0.4) is 0 Å². The molecule has 16 nitrogen and oxygen atoms in total. The molecule has 2 fully saturated rings. The zero-order valence-corrected chi connectivity index (χ0v) is 37.6. The van der Waals surface area contributed by atoms with E-state index in [-0.39, 0.29) is 43.2 Å². The molecule has 18 heteroatoms. The topological polar surface area (TPSA) is 178 Å². The van der Waals surface area contributed by atoms with Gasteiger partial charge in [0.05, 0.1) is 54.0 Å². The van der Waals surface area contributed by atoms with Crippen molar-refractivity contribution in [3.8, 4) is 27.8 Å². The Kier molecular flexibility index (Phi) is 9.47. The molecule has 4 unspecified atom stereocenters. The molecule has 1 saturated heterocycles. The van der Waals surface area contributed by atoms with Gasteiger partial charge in [0.1, 0.15) is 23.0 Å². The average molecular weight is 903 g/mol. The van der Waals surface area contributed by atoms with Gasteiger partial charge in [0, 0.05) is 66.5 Å². The quantitative estimate of drug-likeness (QED) is 0.145. The lowest BCUT2D eigenvalue weighted by atomic mass is 9.56. The Morgan fingerprint density at radius 1 is 0.969 bits per heavy atom. The molecule has 3 aliphatic rings. The van der Waals surface area contributed by atoms with Crippen LogP contribution in [0.25, 0.3) is 31.7 Å². The number of allylic oxidation sites excluding steroid dienone is 2. The number of methoxy groups -OCH3 is 2. The fraction of sp³-hybridized carbons (Fsp3) is 0.326. The molecule has 2 amide bonds. The minimum Gasteiger partial charge on any atom is -0.507 e. The first-order valence-electron chi connectivity index (χ1n) is 20.7. The van der Waals surface area contributed by atoms with Gasteiger partial charge in [0.15, 0.2) is 11.5 Å². The van der Waals surface area contributed by atoms with Crippen LogP contribution in [-0.2, 0) is 43.2 Å². The number of aromatic hydroxyl groups is 1. The van der Waals surface area contributed by atoms with Gasteiger partial charge < -0.3 is 19.1 Å². The number of benzene rings is 3. The van der Waals surface area contributed by atoms with Crippen molar-refractivity contribution >= 4 is 61.7 Å². The molecule has 4 atom stereocenters. The van der Waals surface area contributed by atoms with Gasteiger partial charge in [0.25, 0.3) is 5.56 Å². The summed E-state index contributed by atoms with van der Waals surface area (Å²) >= 11 is 7.88. The first-order chi connectivity index (χ1) is 30.6. The molecule has 0 bridgehead atoms. The third-order valence-corrected chi connectivity index (χ3v) is 15.2. The summed E-state index contributed by atoms with van der Waals surface area (Å²) in [7, 11) is 6.29. The molecular formula is C46H43ClN8O8S. The number of nitrogens with zero attached hydrogens (tertiary/aromatic N) is 8. The van der Waals surface area contributed by atoms with E-state index in [9.17, 15) is 19.5 Å². The first-order valence-corrected chi connectivity index (χ1v) is 21.9. The average Bonchev–Trinajstić information content (AvgIpc) is 3.95. The van der Waals surface area contributed by atoms with E-state index in [4.69, 9.17) is 26.2 Å². The van der Waals surface area contributed by atoms with Crippen LogP contribution >= 0.6 is 22.9 Å². The molecule has 6 heterocycles. The number of imide groups is 1. The molecule has 7 aromatic rings. The minimum absolute atomic E-state index is 0.00891. The number of hydrogen-bond donors (Lipinski definition) is 1. The Morgan fingerprint density at radius 2 is 1.72 bits per heavy atom. The number of halogens is 1. The summed E-state index contributed by atoms with van der Waals surface area (Å²) in [4.78, 5) is 79.3. The normalized spacial score (nSPS) is 20.5. The molecule has 1 saturated carbocycles. The van der Waals surface area contributed by atoms with E-state index in [0.29, 0.717) is 49.9 Å². The second-order valence-electron chi connectivity index (χ2n) is 16.9. The van der Waals surface area contributed by atoms with Crippen LogP contribution in [0.2, 0.25) is 5.02 Å². The highest BCUT2D eigenvalue weighted by molar-refractivity contribution is 7.22. The lowest BCUT2D eigenvalue weighted by molar-refractivity contribution is -0.129. The summed E-state index contributed by atoms with van der Waals surface area (Å²) in [6.07, 6.45) is 1.82. The first kappa shape index (κ1) is 41.3. The smallest absolute Gasteiger partial charge is 0.347 e. The van der Waals surface area contributed by atoms with E-state index >= 15 is 9.59 Å². The van der Waals surface area contributed by atoms with Gasteiger partial charge in [-0.05, 0) is 67.5 Å². The lowest BCUT2D eigenvalue weighted by Gasteiger charge is -2.47. The SMILES string of the molecule is COc1cc2nc(CCn3c(=O)n4n(c3=O)C3CC5C(=O)N(c6cc(-c7sc8ccc(Cl)cc8c7C)nn6C)C(=O)C5(C)C(c5cccc(C)c5O)C3=CC4)c(=O)n(C)c2cc1OC. The van der Waals surface area contributed by atoms with Gasteiger partial charge >= 0.3 is 11.4 Å². The largest absolute Gasteiger partial charge is 0.507 e. The van der Waals surface area contributed by atoms with Gasteiger partial charge in [-0.25, -0.2) is 33.4 Å². The maximum absolute atomic E-state index is 15.2. The van der Waals surface area contributed by atoms with Crippen molar-refractivity contribution in [2.45, 2.75) is 58.7 Å². The van der Waals surface area contributed by atoms with Crippen molar-refractivity contribution in [3.63, 3.8) is 0 Å². The number of aromatic nitrogens is 7. The summed E-state index contributed by atoms with van der Waals surface area (Å²) in [6.45, 7) is 5.34. The second kappa shape index (κ2) is 14.7. The van der Waals surface area contributed by atoms with E-state index in [1.54, 1.807) is 75.7 Å². The summed E-state index contributed by atoms with van der Waals surface area (Å²) in [5.41, 5.74) is 1.30. The third-order valence-electron chi connectivity index (χ3n) is 13.6. The van der Waals surface area contributed by atoms with Crippen molar-refractivity contribution in [2.24, 2.45) is 25.4 Å². The number of aryl methyl sites for hydroxylation is 5. The van der Waals surface area contributed by atoms with Crippen molar-refractivity contribution < 1.29 is 24.2 Å². The maximum Gasteiger partial charge on any atom is 0.347 e. The van der Waals surface area contributed by atoms with Gasteiger partial charge in [-0.15, -0.1) is 11.3 Å². The standard InChI is InChI=1S/C46H43ClN8O8S/c1-22-9-8-10-26(39(22)56)38-25-13-16-53-44(60)52(15-14-29-42(58)50(4)33-21-35(63-7)34(62-6)19-30(33)48-29)45(61)55(53)32(25)18-28-41(57)54(43(59)46(28,38)3)37-20-31(49-51(37)5)40-23(2)27-17-24(47)11-12-36(27)64-40/h8-13,17,19-21,28,32,38,56H,14-16,18H2,1-7H3. The number of phenolic OH excluding ortho intramolecular Hbond substituents is 1. The summed E-state index contributed by atoms with van der Waals surface area (Å²) in [5.74, 6) is -1.66. The van der Waals surface area contributed by atoms with E-state index in [2.05, 4.69) is 4.98 Å². The maximum atomic E-state index is 15.2. The molecule has 328 valence electrons. The van der Waals surface area contributed by atoms with Gasteiger partial charge in [-0.1, -0.05) is 35.9 Å². The number of fused-ring (bicyclic) bond motifs is 6. The van der Waals surface area contributed by atoms with Crippen LogP contribution in [0.15, 0.2) is 80.6 Å². The van der Waals surface area contributed by atoms with Gasteiger partial charge in [-0.2, -0.15) is 5.10 Å². The minimum atomic E-state index is -1.41. The van der Waals surface area contributed by atoms with Crippen LogP contribution in [0.4, 0.5) is 5.82 Å². The highest BCUT2D eigenvalue weighted by Gasteiger charge is 2.66. The monoisotopic (exact) mass is 902 g/mol. The van der Waals surface area contributed by atoms with Crippen LogP contribution in [0.1, 0.15) is 47.7 Å². The summed E-state index contributed by atoms with van der Waals surface area (Å²) in [5, 5.41) is 18.1. The summed E-state index contributed by atoms with van der Waals surface area (Å²) in [6, 6.07) is 15.2. The second-order valence-corrected chi connectivity index (χ2v) is 18.4. The zero-order valence-electron chi connectivity index (χ0n) is 36.0. The number of ether oxygens (including phenoxy) is 2. The number of rotatable bonds is 8. The molecule has 1 aliphatic carbocycles. The number of carbonyl (C=O) groups excluding carboxylic acids is 2. The number of phenols is 1. The molecule has 64 heavy (non-hydrogen) atoms. The highest BCUT2D eigenvalue weighted by Crippen LogP contribution is 2.62. The van der Waals surface area contributed by atoms with E-state index < -0.39 is 52.0 Å². The fourth-order valence-corrected chi connectivity index (χ4v) is 11.6. The number of thiophene rings is 1. The predicted octanol–water partition coefficient (Wildman–Crippen LogP) is 5.77. The Balaban J connectivity index is 1.05. The number of amides is 2. The number of anilines is 1. The van der Waals surface area contributed by atoms with Crippen LogP contribution in [0.5, 0.6) is 17.2 Å². The molecule has 10 rings (SSSR count). The van der Waals surface area contributed by atoms with Crippen molar-refractivity contribution in [3.05, 3.63) is 125 Å². The van der Waals surface area contributed by atoms with Crippen molar-refractivity contribution in [1.82, 2.24) is 33.3 Å². The van der Waals surface area contributed by atoms with E-state index in [1.165, 1.54) is 37.7 Å². The van der Waals surface area contributed by atoms with Gasteiger partial charge in [-0.3, -0.25) is 19.1 Å². The van der Waals surface area contributed by atoms with Crippen LogP contribution < -0.4 is 31.3 Å². The predicted molar refractivity (Wildman–Crippen MR) is 242 cm³/mol. The van der Waals surface area contributed by atoms with E-state index in [0.717, 1.165) is 25.1 Å². The lowest BCUT2D eigenvalue weighted by Crippen LogP contribution is -2.49. The third kappa shape index (κ3) is 5.75. The highest BCUT2D eigenvalue weighted by atomic mass is 35.5. The molecule has 0 spiro atoms. The Labute approximate surface area is 373 Å². The molecule has 3 aromatic carbocycles. The molecule has 4 aromatic heterocycles. The Hall–Kier alpha value is -6.72. The van der Waals surface area contributed by atoms with Crippen molar-refractivity contribution in [2.75, 3.05) is 19.1 Å². The van der Waals surface area contributed by atoms with Gasteiger partial charge in [0.2, 0.25) is 11.8 Å². The van der Waals surface area contributed by atoms with Crippen molar-refractivity contribution in [1.29, 1.82) is 0 Å².